The molecule has 8 aromatic heterocycles. The van der Waals surface area contributed by atoms with Crippen molar-refractivity contribution in [1.82, 2.24) is 18.3 Å². The van der Waals surface area contributed by atoms with Crippen LogP contribution in [0.25, 0.3) is 242 Å². The average molecular weight is 1740 g/mol. The average Bonchev–Trinajstić information content (AvgIpc) is 1.59. The summed E-state index contributed by atoms with van der Waals surface area (Å²) in [6.07, 6.45) is 0. The molecule has 0 aliphatic rings. The molecule has 20 aromatic carbocycles. The summed E-state index contributed by atoms with van der Waals surface area (Å²) in [4.78, 5) is 0. The second-order valence-electron chi connectivity index (χ2n) is 33.9. The zero-order valence-electron chi connectivity index (χ0n) is 72.8. The van der Waals surface area contributed by atoms with E-state index < -0.39 is 0 Å². The molecule has 28 aromatic rings. The Labute approximate surface area is 777 Å². The molecule has 632 valence electrons. The van der Waals surface area contributed by atoms with Crippen LogP contribution < -0.4 is 0 Å². The standard InChI is InChI=1S/4C31H18N2O/c32-19-20-17-31-26(24-12-4-8-16-30(24)34-31)18-25(20)23-11-3-7-15-29(23)33-27-13-5-1-9-21(27)22-10-2-6-14-28(22)33;32-19-21-17-20(18-26-25-12-4-8-16-30(25)34-31(21)26)22-9-1-5-13-27(22)33-28-14-6-2-10-23(28)24-11-3-7-15-29(24)33;32-19-25-20(17-18-30-31(25)24-12-4-8-16-29(24)34-30)21-9-1-5-13-26(21)33-27-14-6-2-10-22(27)23-11-3-7-15-28(23)33;32-19-21-8-7-15-30-31(21)25-18-20(16-17-29(25)34-30)22-9-1-4-12-26(22)33-27-13-5-2-10-23(27)24-11-3-6-14-28(24)33/h4*1-18H. The van der Waals surface area contributed by atoms with E-state index in [9.17, 15) is 21.0 Å². The monoisotopic (exact) mass is 1740 g/mol. The molecule has 12 heteroatoms. The molecule has 0 saturated heterocycles. The number of para-hydroxylation sites is 15. The van der Waals surface area contributed by atoms with E-state index in [0.717, 1.165) is 183 Å². The van der Waals surface area contributed by atoms with Crippen molar-refractivity contribution in [3.63, 3.8) is 0 Å². The molecule has 136 heavy (non-hydrogen) atoms. The van der Waals surface area contributed by atoms with Gasteiger partial charge in [-0.15, -0.1) is 0 Å². The fraction of sp³-hybridized carbons (Fsp3) is 0. The van der Waals surface area contributed by atoms with E-state index in [4.69, 9.17) is 17.7 Å². The van der Waals surface area contributed by atoms with Gasteiger partial charge in [-0.05, 0) is 163 Å². The molecule has 0 atom stereocenters. The highest BCUT2D eigenvalue weighted by atomic mass is 16.3. The lowest BCUT2D eigenvalue weighted by molar-refractivity contribution is 0.667. The number of hydrogen-bond acceptors (Lipinski definition) is 8. The van der Waals surface area contributed by atoms with E-state index in [-0.39, 0.29) is 0 Å². The van der Waals surface area contributed by atoms with Crippen molar-refractivity contribution in [2.45, 2.75) is 0 Å². The van der Waals surface area contributed by atoms with E-state index in [1.54, 1.807) is 0 Å². The highest BCUT2D eigenvalue weighted by Crippen LogP contribution is 2.47. The lowest BCUT2D eigenvalue weighted by Crippen LogP contribution is -1.98. The number of rotatable bonds is 8. The van der Waals surface area contributed by atoms with E-state index >= 15 is 0 Å². The Morgan fingerprint density at radius 1 is 0.169 bits per heavy atom. The second-order valence-corrected chi connectivity index (χ2v) is 33.9. The van der Waals surface area contributed by atoms with Crippen LogP contribution in [0.2, 0.25) is 0 Å². The number of furan rings is 4. The van der Waals surface area contributed by atoms with E-state index in [2.05, 4.69) is 352 Å². The fourth-order valence-corrected chi connectivity index (χ4v) is 20.7. The Bertz CT molecular complexity index is 9630. The number of benzene rings is 20. The van der Waals surface area contributed by atoms with Crippen molar-refractivity contribution in [2.75, 3.05) is 0 Å². The Kier molecular flexibility index (Phi) is 18.8. The van der Waals surface area contributed by atoms with Gasteiger partial charge in [0.25, 0.3) is 0 Å². The molecular formula is C124H72N8O4. The summed E-state index contributed by atoms with van der Waals surface area (Å²) in [6, 6.07) is 159. The van der Waals surface area contributed by atoms with Gasteiger partial charge in [0.15, 0.2) is 5.58 Å². The summed E-state index contributed by atoms with van der Waals surface area (Å²) < 4.78 is 33.5. The molecule has 0 N–H and O–H groups in total. The van der Waals surface area contributed by atoms with Crippen molar-refractivity contribution in [3.05, 3.63) is 459 Å². The number of nitrogens with zero attached hydrogens (tertiary/aromatic N) is 8. The zero-order chi connectivity index (χ0) is 90.6. The van der Waals surface area contributed by atoms with Crippen LogP contribution >= 0.6 is 0 Å². The quantitative estimate of drug-likeness (QED) is 0.145. The van der Waals surface area contributed by atoms with Crippen LogP contribution in [0.5, 0.6) is 0 Å². The van der Waals surface area contributed by atoms with Gasteiger partial charge in [-0.1, -0.05) is 285 Å². The van der Waals surface area contributed by atoms with E-state index in [1.807, 2.05) is 127 Å². The van der Waals surface area contributed by atoms with Gasteiger partial charge in [0.2, 0.25) is 0 Å². The van der Waals surface area contributed by atoms with Gasteiger partial charge in [-0.25, -0.2) is 0 Å². The topological polar surface area (TPSA) is 167 Å². The van der Waals surface area contributed by atoms with Crippen LogP contribution in [-0.4, -0.2) is 18.3 Å². The molecule has 0 spiro atoms. The third-order valence-electron chi connectivity index (χ3n) is 26.6. The Morgan fingerprint density at radius 2 is 0.493 bits per heavy atom. The fourth-order valence-electron chi connectivity index (χ4n) is 20.7. The van der Waals surface area contributed by atoms with Gasteiger partial charge in [0.1, 0.15) is 51.2 Å². The summed E-state index contributed by atoms with van der Waals surface area (Å²) in [7, 11) is 0. The number of fused-ring (bicyclic) bond motifs is 24. The van der Waals surface area contributed by atoms with Crippen molar-refractivity contribution < 1.29 is 17.7 Å². The Balaban J connectivity index is 0.0000000965. The SMILES string of the molecule is N#Cc1c(-c2ccccc2-n2c3ccccc3c3ccccc32)ccc2oc3ccccc3c12.N#Cc1cc(-c2ccccc2-n2c3ccccc3c3ccccc32)cc2c1oc1ccccc12.N#Cc1cc2oc3ccccc3c2cc1-c1ccccc1-n1c2ccccc2c2ccccc21.N#Cc1cccc2oc3ccc(-c4ccccc4-n4c5ccccc5c5ccccc54)cc3c12. The van der Waals surface area contributed by atoms with Crippen LogP contribution in [-0.2, 0) is 0 Å². The minimum Gasteiger partial charge on any atom is -0.456 e. The van der Waals surface area contributed by atoms with Gasteiger partial charge in [-0.3, -0.25) is 0 Å². The highest BCUT2D eigenvalue weighted by molar-refractivity contribution is 6.18. The first-order valence-corrected chi connectivity index (χ1v) is 45.1. The van der Waals surface area contributed by atoms with Crippen molar-refractivity contribution >= 4 is 175 Å². The third kappa shape index (κ3) is 12.7. The molecule has 0 bridgehead atoms. The molecule has 0 saturated carbocycles. The largest absolute Gasteiger partial charge is 0.456 e. The third-order valence-corrected chi connectivity index (χ3v) is 26.6. The van der Waals surface area contributed by atoms with Crippen LogP contribution in [0, 0.1) is 45.3 Å². The van der Waals surface area contributed by atoms with Crippen LogP contribution in [0.15, 0.2) is 454 Å². The minimum absolute atomic E-state index is 0.542. The van der Waals surface area contributed by atoms with Gasteiger partial charge in [0, 0.05) is 120 Å². The first kappa shape index (κ1) is 79.0. The number of nitriles is 4. The number of aromatic nitrogens is 4. The second kappa shape index (κ2) is 32.4. The Hall–Kier alpha value is -19.2. The summed E-state index contributed by atoms with van der Waals surface area (Å²) in [5, 5.41) is 57.5. The van der Waals surface area contributed by atoms with Gasteiger partial charge >= 0.3 is 0 Å². The maximum absolute atomic E-state index is 10.3. The predicted molar refractivity (Wildman–Crippen MR) is 553 cm³/mol. The number of hydrogen-bond donors (Lipinski definition) is 0. The smallest absolute Gasteiger partial charge is 0.153 e. The van der Waals surface area contributed by atoms with Crippen LogP contribution in [0.1, 0.15) is 22.3 Å². The molecule has 8 heterocycles. The van der Waals surface area contributed by atoms with E-state index in [1.165, 1.54) is 54.1 Å². The first-order chi connectivity index (χ1) is 67.3. The molecule has 28 rings (SSSR count). The summed E-state index contributed by atoms with van der Waals surface area (Å²) >= 11 is 0. The first-order valence-electron chi connectivity index (χ1n) is 45.1. The van der Waals surface area contributed by atoms with Crippen LogP contribution in [0.3, 0.4) is 0 Å². The lowest BCUT2D eigenvalue weighted by atomic mass is 9.95. The molecule has 12 nitrogen and oxygen atoms in total. The Morgan fingerprint density at radius 3 is 0.941 bits per heavy atom. The minimum atomic E-state index is 0.542. The molecule has 0 aliphatic carbocycles. The lowest BCUT2D eigenvalue weighted by Gasteiger charge is -2.15. The van der Waals surface area contributed by atoms with Crippen LogP contribution in [0.4, 0.5) is 0 Å². The molecule has 0 radical (unpaired) electrons. The molecule has 0 unspecified atom stereocenters. The zero-order valence-corrected chi connectivity index (χ0v) is 72.8. The molecular weight excluding hydrogens is 1670 g/mol. The maximum Gasteiger partial charge on any atom is 0.153 e. The molecule has 0 aliphatic heterocycles. The molecule has 0 fully saturated rings. The summed E-state index contributed by atoms with van der Waals surface area (Å²) in [6.45, 7) is 0. The predicted octanol–water partition coefficient (Wildman–Crippen LogP) is 32.9. The molecule has 0 amide bonds. The van der Waals surface area contributed by atoms with Crippen molar-refractivity contribution in [1.29, 1.82) is 21.0 Å². The van der Waals surface area contributed by atoms with Gasteiger partial charge in [-0.2, -0.15) is 21.0 Å². The summed E-state index contributed by atoms with van der Waals surface area (Å²) in [5.74, 6) is 0. The van der Waals surface area contributed by atoms with Gasteiger partial charge < -0.3 is 35.9 Å². The van der Waals surface area contributed by atoms with E-state index in [0.29, 0.717) is 27.8 Å². The summed E-state index contributed by atoms with van der Waals surface area (Å²) in [5.41, 5.74) is 30.1. The van der Waals surface area contributed by atoms with Crippen molar-refractivity contribution in [2.24, 2.45) is 0 Å². The maximum atomic E-state index is 10.3. The normalized spacial score (nSPS) is 11.5. The highest BCUT2D eigenvalue weighted by Gasteiger charge is 2.26. The van der Waals surface area contributed by atoms with Gasteiger partial charge in [0.05, 0.1) is 101 Å². The van der Waals surface area contributed by atoms with Crippen molar-refractivity contribution in [3.8, 4) is 91.5 Å².